The summed E-state index contributed by atoms with van der Waals surface area (Å²) in [4.78, 5) is 0.135. The van der Waals surface area contributed by atoms with Crippen molar-refractivity contribution >= 4 is 10.0 Å². The molecule has 1 aromatic heterocycles. The topological polar surface area (TPSA) is 84.1 Å². The van der Waals surface area contributed by atoms with E-state index in [0.717, 1.165) is 11.1 Å². The molecule has 1 aromatic carbocycles. The molecule has 6 nitrogen and oxygen atoms in total. The number of H-pyrrole nitrogens is 1. The highest BCUT2D eigenvalue weighted by atomic mass is 32.2. The van der Waals surface area contributed by atoms with Crippen LogP contribution in [0.2, 0.25) is 0 Å². The molecule has 2 N–H and O–H groups in total. The van der Waals surface area contributed by atoms with E-state index < -0.39 is 10.0 Å². The Labute approximate surface area is 118 Å². The molecule has 0 saturated carbocycles. The van der Waals surface area contributed by atoms with Crippen molar-refractivity contribution in [3.63, 3.8) is 0 Å². The van der Waals surface area contributed by atoms with E-state index in [1.165, 1.54) is 7.11 Å². The number of aromatic nitrogens is 2. The van der Waals surface area contributed by atoms with E-state index >= 15 is 0 Å². The van der Waals surface area contributed by atoms with Crippen molar-refractivity contribution < 1.29 is 13.2 Å². The number of nitrogens with one attached hydrogen (secondary N) is 2. The molecule has 1 unspecified atom stereocenters. The minimum Gasteiger partial charge on any atom is -0.495 e. The lowest BCUT2D eigenvalue weighted by molar-refractivity contribution is 0.402. The fraction of sp³-hybridized carbons (Fsp3) is 0.308. The van der Waals surface area contributed by atoms with Crippen LogP contribution < -0.4 is 9.46 Å². The van der Waals surface area contributed by atoms with Crippen molar-refractivity contribution in [3.8, 4) is 5.75 Å². The van der Waals surface area contributed by atoms with Gasteiger partial charge in [0.15, 0.2) is 0 Å². The maximum atomic E-state index is 12.4. The highest BCUT2D eigenvalue weighted by Crippen LogP contribution is 2.26. The van der Waals surface area contributed by atoms with Gasteiger partial charge in [0, 0.05) is 17.8 Å². The SMILES string of the molecule is COc1ccc(C)cc1S(=O)(=O)NC(C)c1cn[nH]c1. The quantitative estimate of drug-likeness (QED) is 0.880. The first-order valence-corrected chi connectivity index (χ1v) is 7.58. The van der Waals surface area contributed by atoms with Gasteiger partial charge in [0.05, 0.1) is 13.3 Å². The van der Waals surface area contributed by atoms with Crippen molar-refractivity contribution in [2.45, 2.75) is 24.8 Å². The number of methoxy groups -OCH3 is 1. The first-order chi connectivity index (χ1) is 9.44. The predicted octanol–water partition coefficient (Wildman–Crippen LogP) is 1.77. The van der Waals surface area contributed by atoms with Crippen LogP contribution in [-0.4, -0.2) is 25.7 Å². The fourth-order valence-corrected chi connectivity index (χ4v) is 3.34. The van der Waals surface area contributed by atoms with Gasteiger partial charge in [-0.25, -0.2) is 13.1 Å². The second-order valence-corrected chi connectivity index (χ2v) is 6.21. The van der Waals surface area contributed by atoms with Gasteiger partial charge >= 0.3 is 0 Å². The van der Waals surface area contributed by atoms with Crippen molar-refractivity contribution in [1.29, 1.82) is 0 Å². The molecule has 0 amide bonds. The zero-order chi connectivity index (χ0) is 14.8. The van der Waals surface area contributed by atoms with E-state index in [9.17, 15) is 8.42 Å². The van der Waals surface area contributed by atoms with Crippen molar-refractivity contribution in [3.05, 3.63) is 41.7 Å². The largest absolute Gasteiger partial charge is 0.495 e. The number of rotatable bonds is 5. The third-order valence-electron chi connectivity index (χ3n) is 2.96. The summed E-state index contributed by atoms with van der Waals surface area (Å²) in [6, 6.07) is 4.65. The number of aryl methyl sites for hydroxylation is 1. The molecule has 0 spiro atoms. The number of nitrogens with zero attached hydrogens (tertiary/aromatic N) is 1. The highest BCUT2D eigenvalue weighted by molar-refractivity contribution is 7.89. The van der Waals surface area contributed by atoms with E-state index in [1.807, 2.05) is 6.92 Å². The number of sulfonamides is 1. The molecule has 2 rings (SSSR count). The summed E-state index contributed by atoms with van der Waals surface area (Å²) in [5.74, 6) is 0.322. The van der Waals surface area contributed by atoms with Crippen LogP contribution in [0.1, 0.15) is 24.1 Å². The maximum absolute atomic E-state index is 12.4. The molecule has 0 saturated heterocycles. The Bertz CT molecular complexity index is 681. The number of ether oxygens (including phenoxy) is 1. The lowest BCUT2D eigenvalue weighted by atomic mass is 10.2. The van der Waals surface area contributed by atoms with Crippen LogP contribution in [0.25, 0.3) is 0 Å². The molecule has 0 aliphatic carbocycles. The normalized spacial score (nSPS) is 13.2. The van der Waals surface area contributed by atoms with Crippen molar-refractivity contribution in [2.24, 2.45) is 0 Å². The fourth-order valence-electron chi connectivity index (χ4n) is 1.86. The lowest BCUT2D eigenvalue weighted by Gasteiger charge is -2.15. The summed E-state index contributed by atoms with van der Waals surface area (Å²) in [6.07, 6.45) is 3.24. The lowest BCUT2D eigenvalue weighted by Crippen LogP contribution is -2.27. The molecule has 20 heavy (non-hydrogen) atoms. The van der Waals surface area contributed by atoms with Gasteiger partial charge in [-0.2, -0.15) is 5.10 Å². The molecular weight excluding hydrogens is 278 g/mol. The minimum atomic E-state index is -3.67. The average molecular weight is 295 g/mol. The van der Waals surface area contributed by atoms with Gasteiger partial charge in [0.25, 0.3) is 0 Å². The Hall–Kier alpha value is -1.86. The Morgan fingerprint density at radius 2 is 2.15 bits per heavy atom. The van der Waals surface area contributed by atoms with E-state index in [0.29, 0.717) is 5.75 Å². The van der Waals surface area contributed by atoms with E-state index in [-0.39, 0.29) is 10.9 Å². The number of benzene rings is 1. The molecule has 1 atom stereocenters. The third-order valence-corrected chi connectivity index (χ3v) is 4.52. The van der Waals surface area contributed by atoms with Crippen LogP contribution in [0.5, 0.6) is 5.75 Å². The van der Waals surface area contributed by atoms with E-state index in [4.69, 9.17) is 4.74 Å². The summed E-state index contributed by atoms with van der Waals surface area (Å²) in [7, 11) is -2.22. The van der Waals surface area contributed by atoms with Crippen LogP contribution in [0.15, 0.2) is 35.5 Å². The Morgan fingerprint density at radius 3 is 2.75 bits per heavy atom. The first kappa shape index (κ1) is 14.5. The van der Waals surface area contributed by atoms with Gasteiger partial charge < -0.3 is 4.74 Å². The number of hydrogen-bond acceptors (Lipinski definition) is 4. The summed E-state index contributed by atoms with van der Waals surface area (Å²) in [5, 5.41) is 6.47. The van der Waals surface area contributed by atoms with Crippen LogP contribution >= 0.6 is 0 Å². The monoisotopic (exact) mass is 295 g/mol. The summed E-state index contributed by atoms with van der Waals surface area (Å²) >= 11 is 0. The van der Waals surface area contributed by atoms with Crippen molar-refractivity contribution in [1.82, 2.24) is 14.9 Å². The molecule has 0 radical (unpaired) electrons. The standard InChI is InChI=1S/C13H17N3O3S/c1-9-4-5-12(19-3)13(6-9)20(17,18)16-10(2)11-7-14-15-8-11/h4-8,10,16H,1-3H3,(H,14,15). The summed E-state index contributed by atoms with van der Waals surface area (Å²) < 4.78 is 32.6. The van der Waals surface area contributed by atoms with E-state index in [1.54, 1.807) is 37.5 Å². The van der Waals surface area contributed by atoms with Crippen LogP contribution in [-0.2, 0) is 10.0 Å². The Kier molecular flexibility index (Phi) is 4.10. The predicted molar refractivity (Wildman–Crippen MR) is 75.1 cm³/mol. The zero-order valence-corrected chi connectivity index (χ0v) is 12.4. The molecule has 2 aromatic rings. The van der Waals surface area contributed by atoms with Gasteiger partial charge in [-0.05, 0) is 31.5 Å². The molecule has 108 valence electrons. The van der Waals surface area contributed by atoms with Gasteiger partial charge in [0.2, 0.25) is 10.0 Å². The molecule has 0 aliphatic heterocycles. The molecule has 1 heterocycles. The highest BCUT2D eigenvalue weighted by Gasteiger charge is 2.22. The summed E-state index contributed by atoms with van der Waals surface area (Å²) in [6.45, 7) is 3.59. The van der Waals surface area contributed by atoms with Crippen LogP contribution in [0, 0.1) is 6.92 Å². The van der Waals surface area contributed by atoms with Gasteiger partial charge in [0.1, 0.15) is 10.6 Å². The maximum Gasteiger partial charge on any atom is 0.244 e. The Balaban J connectivity index is 2.33. The smallest absolute Gasteiger partial charge is 0.244 e. The van der Waals surface area contributed by atoms with E-state index in [2.05, 4.69) is 14.9 Å². The second kappa shape index (κ2) is 5.64. The van der Waals surface area contributed by atoms with Gasteiger partial charge in [-0.1, -0.05) is 6.07 Å². The van der Waals surface area contributed by atoms with Crippen LogP contribution in [0.3, 0.4) is 0 Å². The zero-order valence-electron chi connectivity index (χ0n) is 11.5. The Morgan fingerprint density at radius 1 is 1.40 bits per heavy atom. The molecular formula is C13H17N3O3S. The third kappa shape index (κ3) is 3.00. The van der Waals surface area contributed by atoms with Gasteiger partial charge in [-0.3, -0.25) is 5.10 Å². The van der Waals surface area contributed by atoms with Gasteiger partial charge in [-0.15, -0.1) is 0 Å². The molecule has 0 aliphatic rings. The van der Waals surface area contributed by atoms with Crippen LogP contribution in [0.4, 0.5) is 0 Å². The minimum absolute atomic E-state index is 0.135. The first-order valence-electron chi connectivity index (χ1n) is 6.09. The summed E-state index contributed by atoms with van der Waals surface area (Å²) in [5.41, 5.74) is 1.61. The van der Waals surface area contributed by atoms with Crippen molar-refractivity contribution in [2.75, 3.05) is 7.11 Å². The average Bonchev–Trinajstić information content (AvgIpc) is 2.92. The number of aromatic amines is 1. The molecule has 0 fully saturated rings. The second-order valence-electron chi connectivity index (χ2n) is 4.53. The number of hydrogen-bond donors (Lipinski definition) is 2. The molecule has 7 heteroatoms. The molecule has 0 bridgehead atoms.